The van der Waals surface area contributed by atoms with E-state index in [9.17, 15) is 19.6 Å². The van der Waals surface area contributed by atoms with Crippen molar-refractivity contribution in [3.63, 3.8) is 0 Å². The molecule has 7 heteroatoms. The number of nitrogens with one attached hydrogen (secondary N) is 1. The molecule has 0 heterocycles. The van der Waals surface area contributed by atoms with Crippen LogP contribution in [0.3, 0.4) is 0 Å². The van der Waals surface area contributed by atoms with E-state index >= 15 is 0 Å². The van der Waals surface area contributed by atoms with Gasteiger partial charge in [0.05, 0.1) is 16.0 Å². The minimum atomic E-state index is -0.928. The van der Waals surface area contributed by atoms with Crippen molar-refractivity contribution in [3.8, 4) is 0 Å². The molecular formula is C15H14ClFN2O3. The Morgan fingerprint density at radius 2 is 2.09 bits per heavy atom. The van der Waals surface area contributed by atoms with Gasteiger partial charge in [-0.25, -0.2) is 4.39 Å². The van der Waals surface area contributed by atoms with Crippen LogP contribution in [0.2, 0.25) is 5.02 Å². The number of aliphatic hydroxyl groups is 1. The maximum absolute atomic E-state index is 13.3. The number of nitro groups is 1. The SMILES string of the molecule is Cc1cc(NCC(O)c2ccc(Cl)c(F)c2)ccc1[N+](=O)[O-]. The molecular weight excluding hydrogens is 311 g/mol. The van der Waals surface area contributed by atoms with Gasteiger partial charge in [-0.3, -0.25) is 10.1 Å². The van der Waals surface area contributed by atoms with Crippen LogP contribution in [0.4, 0.5) is 15.8 Å². The highest BCUT2D eigenvalue weighted by Crippen LogP contribution is 2.23. The average Bonchev–Trinajstić information content (AvgIpc) is 2.47. The summed E-state index contributed by atoms with van der Waals surface area (Å²) in [6.07, 6.45) is -0.928. The molecule has 2 rings (SSSR count). The molecule has 0 spiro atoms. The Morgan fingerprint density at radius 1 is 1.36 bits per heavy atom. The molecule has 22 heavy (non-hydrogen) atoms. The number of aryl methyl sites for hydroxylation is 1. The number of hydrogen-bond acceptors (Lipinski definition) is 4. The molecule has 0 aliphatic rings. The number of aliphatic hydroxyl groups excluding tert-OH is 1. The van der Waals surface area contributed by atoms with E-state index in [-0.39, 0.29) is 17.3 Å². The molecule has 0 saturated heterocycles. The minimum absolute atomic E-state index is 0.00472. The third-order valence-corrected chi connectivity index (χ3v) is 3.53. The lowest BCUT2D eigenvalue weighted by molar-refractivity contribution is -0.385. The zero-order valence-electron chi connectivity index (χ0n) is 11.7. The van der Waals surface area contributed by atoms with E-state index in [2.05, 4.69) is 5.32 Å². The Hall–Kier alpha value is -2.18. The van der Waals surface area contributed by atoms with Gasteiger partial charge in [-0.15, -0.1) is 0 Å². The first-order chi connectivity index (χ1) is 10.4. The zero-order chi connectivity index (χ0) is 16.3. The smallest absolute Gasteiger partial charge is 0.272 e. The van der Waals surface area contributed by atoms with Gasteiger partial charge in [-0.1, -0.05) is 17.7 Å². The van der Waals surface area contributed by atoms with Gasteiger partial charge in [0.1, 0.15) is 5.82 Å². The lowest BCUT2D eigenvalue weighted by Gasteiger charge is -2.14. The Kier molecular flexibility index (Phi) is 4.95. The number of nitrogens with zero attached hydrogens (tertiary/aromatic N) is 1. The highest BCUT2D eigenvalue weighted by molar-refractivity contribution is 6.30. The lowest BCUT2D eigenvalue weighted by atomic mass is 10.1. The number of hydrogen-bond donors (Lipinski definition) is 2. The van der Waals surface area contributed by atoms with Crippen LogP contribution < -0.4 is 5.32 Å². The largest absolute Gasteiger partial charge is 0.387 e. The van der Waals surface area contributed by atoms with E-state index < -0.39 is 16.8 Å². The van der Waals surface area contributed by atoms with Crippen LogP contribution in [-0.2, 0) is 0 Å². The van der Waals surface area contributed by atoms with Crippen LogP contribution in [0.5, 0.6) is 0 Å². The molecule has 0 saturated carbocycles. The van der Waals surface area contributed by atoms with Crippen molar-refractivity contribution in [1.29, 1.82) is 0 Å². The molecule has 0 fully saturated rings. The standard InChI is InChI=1S/C15H14ClFN2O3/c1-9-6-11(3-5-14(9)19(21)22)18-8-15(20)10-2-4-12(16)13(17)7-10/h2-7,15,18,20H,8H2,1H3. The second-order valence-corrected chi connectivity index (χ2v) is 5.24. The van der Waals surface area contributed by atoms with E-state index in [0.29, 0.717) is 16.8 Å². The molecule has 2 aromatic carbocycles. The van der Waals surface area contributed by atoms with Gasteiger partial charge in [0.15, 0.2) is 0 Å². The molecule has 0 bridgehead atoms. The number of benzene rings is 2. The van der Waals surface area contributed by atoms with Gasteiger partial charge < -0.3 is 10.4 Å². The van der Waals surface area contributed by atoms with Crippen molar-refractivity contribution in [2.24, 2.45) is 0 Å². The van der Waals surface area contributed by atoms with Gasteiger partial charge in [-0.05, 0) is 36.8 Å². The zero-order valence-corrected chi connectivity index (χ0v) is 12.5. The normalized spacial score (nSPS) is 12.0. The maximum Gasteiger partial charge on any atom is 0.272 e. The van der Waals surface area contributed by atoms with Gasteiger partial charge in [0, 0.05) is 23.9 Å². The van der Waals surface area contributed by atoms with Crippen molar-refractivity contribution in [1.82, 2.24) is 0 Å². The third-order valence-electron chi connectivity index (χ3n) is 3.22. The van der Waals surface area contributed by atoms with Crippen LogP contribution in [0.1, 0.15) is 17.2 Å². The van der Waals surface area contributed by atoms with E-state index in [1.807, 2.05) is 0 Å². The summed E-state index contributed by atoms with van der Waals surface area (Å²) >= 11 is 5.59. The first-order valence-electron chi connectivity index (χ1n) is 6.50. The molecule has 0 aliphatic carbocycles. The molecule has 1 unspecified atom stereocenters. The molecule has 1 atom stereocenters. The summed E-state index contributed by atoms with van der Waals surface area (Å²) in [4.78, 5) is 10.3. The molecule has 116 valence electrons. The molecule has 0 aliphatic heterocycles. The summed E-state index contributed by atoms with van der Waals surface area (Å²) in [5, 5.41) is 23.7. The van der Waals surface area contributed by atoms with Crippen LogP contribution >= 0.6 is 11.6 Å². The summed E-state index contributed by atoms with van der Waals surface area (Å²) < 4.78 is 13.3. The monoisotopic (exact) mass is 324 g/mol. The van der Waals surface area contributed by atoms with E-state index in [4.69, 9.17) is 11.6 Å². The van der Waals surface area contributed by atoms with E-state index in [0.717, 1.165) is 0 Å². The number of rotatable bonds is 5. The summed E-state index contributed by atoms with van der Waals surface area (Å²) in [7, 11) is 0. The summed E-state index contributed by atoms with van der Waals surface area (Å²) in [5.74, 6) is -0.593. The lowest BCUT2D eigenvalue weighted by Crippen LogP contribution is -2.12. The van der Waals surface area contributed by atoms with E-state index in [1.165, 1.54) is 18.2 Å². The summed E-state index contributed by atoms with van der Waals surface area (Å²) in [5.41, 5.74) is 1.58. The van der Waals surface area contributed by atoms with Gasteiger partial charge in [0.2, 0.25) is 0 Å². The number of anilines is 1. The Labute approximate surface area is 131 Å². The highest BCUT2D eigenvalue weighted by Gasteiger charge is 2.12. The maximum atomic E-state index is 13.3. The Balaban J connectivity index is 2.04. The van der Waals surface area contributed by atoms with Crippen molar-refractivity contribution in [2.45, 2.75) is 13.0 Å². The van der Waals surface area contributed by atoms with Crippen molar-refractivity contribution in [2.75, 3.05) is 11.9 Å². The molecule has 2 N–H and O–H groups in total. The predicted molar refractivity (Wildman–Crippen MR) is 82.7 cm³/mol. The molecule has 0 aromatic heterocycles. The van der Waals surface area contributed by atoms with E-state index in [1.54, 1.807) is 25.1 Å². The fraction of sp³-hybridized carbons (Fsp3) is 0.200. The van der Waals surface area contributed by atoms with Gasteiger partial charge in [-0.2, -0.15) is 0 Å². The molecule has 0 radical (unpaired) electrons. The Bertz CT molecular complexity index is 709. The first-order valence-corrected chi connectivity index (χ1v) is 6.88. The minimum Gasteiger partial charge on any atom is -0.387 e. The Morgan fingerprint density at radius 3 is 2.68 bits per heavy atom. The van der Waals surface area contributed by atoms with Crippen molar-refractivity contribution in [3.05, 3.63) is 68.5 Å². The van der Waals surface area contributed by atoms with Crippen LogP contribution in [0.15, 0.2) is 36.4 Å². The average molecular weight is 325 g/mol. The summed E-state index contributed by atoms with van der Waals surface area (Å²) in [6.45, 7) is 1.77. The third kappa shape index (κ3) is 3.72. The van der Waals surface area contributed by atoms with Crippen LogP contribution in [0, 0.1) is 22.9 Å². The van der Waals surface area contributed by atoms with Crippen molar-refractivity contribution < 1.29 is 14.4 Å². The van der Waals surface area contributed by atoms with Gasteiger partial charge in [0.25, 0.3) is 5.69 Å². The van der Waals surface area contributed by atoms with Crippen molar-refractivity contribution >= 4 is 23.0 Å². The number of halogens is 2. The second kappa shape index (κ2) is 6.72. The topological polar surface area (TPSA) is 75.4 Å². The fourth-order valence-electron chi connectivity index (χ4n) is 2.02. The van der Waals surface area contributed by atoms with Gasteiger partial charge >= 0.3 is 0 Å². The highest BCUT2D eigenvalue weighted by atomic mass is 35.5. The quantitative estimate of drug-likeness (QED) is 0.647. The summed E-state index contributed by atoms with van der Waals surface area (Å²) in [6, 6.07) is 8.67. The predicted octanol–water partition coefficient (Wildman–Crippen LogP) is 3.84. The molecule has 2 aromatic rings. The second-order valence-electron chi connectivity index (χ2n) is 4.83. The number of nitro benzene ring substituents is 1. The van der Waals surface area contributed by atoms with Crippen LogP contribution in [-0.4, -0.2) is 16.6 Å². The first kappa shape index (κ1) is 16.2. The van der Waals surface area contributed by atoms with Crippen LogP contribution in [0.25, 0.3) is 0 Å². The molecule has 0 amide bonds. The fourth-order valence-corrected chi connectivity index (χ4v) is 2.14. The molecule has 5 nitrogen and oxygen atoms in total.